The standard InChI is InChI=1S/C22H25N3O3S/c1-5-25-21(27)19(13-20(26)24-18-11-14(2)9-10-15(18)3)29-22(25)23-16-7-6-8-17(12-16)28-4/h6-12,19H,5,13H2,1-4H3,(H,24,26). The summed E-state index contributed by atoms with van der Waals surface area (Å²) in [4.78, 5) is 31.6. The summed E-state index contributed by atoms with van der Waals surface area (Å²) in [5.74, 6) is 0.437. The van der Waals surface area contributed by atoms with E-state index in [4.69, 9.17) is 4.74 Å². The van der Waals surface area contributed by atoms with Gasteiger partial charge in [-0.15, -0.1) is 0 Å². The van der Waals surface area contributed by atoms with E-state index in [1.165, 1.54) is 11.8 Å². The zero-order valence-electron chi connectivity index (χ0n) is 17.1. The van der Waals surface area contributed by atoms with Gasteiger partial charge in [-0.1, -0.05) is 30.0 Å². The molecule has 0 saturated carbocycles. The van der Waals surface area contributed by atoms with Gasteiger partial charge in [-0.05, 0) is 50.1 Å². The average molecular weight is 412 g/mol. The fourth-order valence-corrected chi connectivity index (χ4v) is 4.27. The van der Waals surface area contributed by atoms with E-state index in [0.29, 0.717) is 23.1 Å². The normalized spacial score (nSPS) is 17.7. The second-order valence-electron chi connectivity index (χ2n) is 6.86. The summed E-state index contributed by atoms with van der Waals surface area (Å²) in [6, 6.07) is 13.3. The highest BCUT2D eigenvalue weighted by molar-refractivity contribution is 8.15. The summed E-state index contributed by atoms with van der Waals surface area (Å²) in [5, 5.41) is 3.06. The van der Waals surface area contributed by atoms with E-state index >= 15 is 0 Å². The number of hydrogen-bond acceptors (Lipinski definition) is 5. The lowest BCUT2D eigenvalue weighted by atomic mass is 10.1. The number of ether oxygens (including phenoxy) is 1. The molecule has 1 unspecified atom stereocenters. The molecule has 6 nitrogen and oxygen atoms in total. The van der Waals surface area contributed by atoms with Crippen molar-refractivity contribution in [3.05, 3.63) is 53.6 Å². The molecule has 1 fully saturated rings. The number of hydrogen-bond donors (Lipinski definition) is 1. The van der Waals surface area contributed by atoms with E-state index in [9.17, 15) is 9.59 Å². The molecule has 2 amide bonds. The molecule has 0 radical (unpaired) electrons. The molecule has 1 aliphatic rings. The number of thioether (sulfide) groups is 1. The Kier molecular flexibility index (Phi) is 6.59. The number of benzene rings is 2. The quantitative estimate of drug-likeness (QED) is 0.770. The van der Waals surface area contributed by atoms with Crippen LogP contribution in [0.5, 0.6) is 5.75 Å². The van der Waals surface area contributed by atoms with Crippen LogP contribution in [0.25, 0.3) is 0 Å². The van der Waals surface area contributed by atoms with Crippen LogP contribution in [-0.2, 0) is 9.59 Å². The number of nitrogens with one attached hydrogen (secondary N) is 1. The van der Waals surface area contributed by atoms with E-state index in [1.54, 1.807) is 12.0 Å². The van der Waals surface area contributed by atoms with Crippen LogP contribution in [0, 0.1) is 13.8 Å². The van der Waals surface area contributed by atoms with E-state index in [0.717, 1.165) is 16.8 Å². The second-order valence-corrected chi connectivity index (χ2v) is 8.03. The Morgan fingerprint density at radius 2 is 2.03 bits per heavy atom. The van der Waals surface area contributed by atoms with Gasteiger partial charge in [0, 0.05) is 24.7 Å². The molecule has 7 heteroatoms. The summed E-state index contributed by atoms with van der Waals surface area (Å²) in [5.41, 5.74) is 3.55. The second kappa shape index (κ2) is 9.13. The predicted octanol–water partition coefficient (Wildman–Crippen LogP) is 4.29. The number of nitrogens with zero attached hydrogens (tertiary/aromatic N) is 2. The Labute approximate surface area is 175 Å². The van der Waals surface area contributed by atoms with Crippen molar-refractivity contribution in [3.63, 3.8) is 0 Å². The monoisotopic (exact) mass is 411 g/mol. The van der Waals surface area contributed by atoms with Crippen LogP contribution in [0.15, 0.2) is 47.5 Å². The summed E-state index contributed by atoms with van der Waals surface area (Å²) in [7, 11) is 1.60. The Morgan fingerprint density at radius 3 is 2.76 bits per heavy atom. The van der Waals surface area contributed by atoms with Crippen molar-refractivity contribution in [3.8, 4) is 5.75 Å². The van der Waals surface area contributed by atoms with Crippen molar-refractivity contribution >= 4 is 40.1 Å². The summed E-state index contributed by atoms with van der Waals surface area (Å²) < 4.78 is 5.23. The van der Waals surface area contributed by atoms with Gasteiger partial charge >= 0.3 is 0 Å². The Bertz CT molecular complexity index is 958. The molecule has 152 valence electrons. The molecular formula is C22H25N3O3S. The number of carbonyl (C=O) groups excluding carboxylic acids is 2. The highest BCUT2D eigenvalue weighted by Crippen LogP contribution is 2.32. The molecule has 0 bridgehead atoms. The minimum Gasteiger partial charge on any atom is -0.497 e. The number of carbonyl (C=O) groups is 2. The first-order chi connectivity index (χ1) is 13.9. The molecule has 1 atom stereocenters. The van der Waals surface area contributed by atoms with E-state index in [-0.39, 0.29) is 18.2 Å². The lowest BCUT2D eigenvalue weighted by Crippen LogP contribution is -2.33. The van der Waals surface area contributed by atoms with E-state index in [1.807, 2.05) is 63.2 Å². The van der Waals surface area contributed by atoms with Crippen LogP contribution in [-0.4, -0.2) is 40.8 Å². The number of aryl methyl sites for hydroxylation is 2. The fraction of sp³-hybridized carbons (Fsp3) is 0.318. The van der Waals surface area contributed by atoms with Gasteiger partial charge < -0.3 is 10.1 Å². The number of aliphatic imine (C=N–C) groups is 1. The van der Waals surface area contributed by atoms with Crippen LogP contribution in [0.1, 0.15) is 24.5 Å². The first kappa shape index (κ1) is 20.9. The predicted molar refractivity (Wildman–Crippen MR) is 118 cm³/mol. The van der Waals surface area contributed by atoms with Crippen molar-refractivity contribution < 1.29 is 14.3 Å². The van der Waals surface area contributed by atoms with Crippen LogP contribution in [0.3, 0.4) is 0 Å². The van der Waals surface area contributed by atoms with Crippen molar-refractivity contribution in [2.24, 2.45) is 4.99 Å². The third-order valence-electron chi connectivity index (χ3n) is 4.65. The van der Waals surface area contributed by atoms with Crippen molar-refractivity contribution in [2.45, 2.75) is 32.4 Å². The third kappa shape index (κ3) is 4.98. The number of methoxy groups -OCH3 is 1. The smallest absolute Gasteiger partial charge is 0.242 e. The van der Waals surface area contributed by atoms with Gasteiger partial charge in [0.1, 0.15) is 11.0 Å². The zero-order valence-corrected chi connectivity index (χ0v) is 17.9. The summed E-state index contributed by atoms with van der Waals surface area (Å²) in [6.07, 6.45) is 0.102. The van der Waals surface area contributed by atoms with Gasteiger partial charge in [-0.2, -0.15) is 0 Å². The van der Waals surface area contributed by atoms with Gasteiger partial charge in [-0.3, -0.25) is 14.5 Å². The molecule has 0 aliphatic carbocycles. The van der Waals surface area contributed by atoms with E-state index < -0.39 is 5.25 Å². The van der Waals surface area contributed by atoms with Crippen LogP contribution in [0.2, 0.25) is 0 Å². The molecule has 1 aliphatic heterocycles. The number of anilines is 1. The maximum absolute atomic E-state index is 12.8. The topological polar surface area (TPSA) is 71.0 Å². The van der Waals surface area contributed by atoms with Gasteiger partial charge in [0.25, 0.3) is 0 Å². The molecule has 0 aromatic heterocycles. The molecule has 1 saturated heterocycles. The highest BCUT2D eigenvalue weighted by atomic mass is 32.2. The molecule has 29 heavy (non-hydrogen) atoms. The minimum absolute atomic E-state index is 0.0877. The Balaban J connectivity index is 1.73. The molecule has 3 rings (SSSR count). The third-order valence-corrected chi connectivity index (χ3v) is 5.83. The summed E-state index contributed by atoms with van der Waals surface area (Å²) in [6.45, 7) is 6.33. The average Bonchev–Trinajstić information content (AvgIpc) is 2.98. The minimum atomic E-state index is -0.482. The maximum atomic E-state index is 12.8. The molecule has 2 aromatic carbocycles. The van der Waals surface area contributed by atoms with Gasteiger partial charge in [-0.25, -0.2) is 4.99 Å². The SMILES string of the molecule is CCN1C(=O)C(CC(=O)Nc2cc(C)ccc2C)SC1=Nc1cccc(OC)c1. The molecule has 2 aromatic rings. The lowest BCUT2D eigenvalue weighted by Gasteiger charge is -2.13. The number of rotatable bonds is 6. The Morgan fingerprint density at radius 1 is 1.24 bits per heavy atom. The first-order valence-corrected chi connectivity index (χ1v) is 10.4. The van der Waals surface area contributed by atoms with Crippen LogP contribution >= 0.6 is 11.8 Å². The van der Waals surface area contributed by atoms with Crippen LogP contribution in [0.4, 0.5) is 11.4 Å². The van der Waals surface area contributed by atoms with Crippen molar-refractivity contribution in [2.75, 3.05) is 19.0 Å². The maximum Gasteiger partial charge on any atom is 0.242 e. The number of amidine groups is 1. The van der Waals surface area contributed by atoms with Crippen molar-refractivity contribution in [1.29, 1.82) is 0 Å². The van der Waals surface area contributed by atoms with Crippen molar-refractivity contribution in [1.82, 2.24) is 4.90 Å². The first-order valence-electron chi connectivity index (χ1n) is 9.49. The molecule has 1 heterocycles. The van der Waals surface area contributed by atoms with Gasteiger partial charge in [0.05, 0.1) is 12.8 Å². The highest BCUT2D eigenvalue weighted by Gasteiger charge is 2.38. The van der Waals surface area contributed by atoms with Gasteiger partial charge in [0.15, 0.2) is 5.17 Å². The zero-order chi connectivity index (χ0) is 21.0. The van der Waals surface area contributed by atoms with E-state index in [2.05, 4.69) is 10.3 Å². The molecule has 0 spiro atoms. The largest absolute Gasteiger partial charge is 0.497 e. The lowest BCUT2D eigenvalue weighted by molar-refractivity contribution is -0.128. The molecule has 1 N–H and O–H groups in total. The summed E-state index contributed by atoms with van der Waals surface area (Å²) >= 11 is 1.33. The Hall–Kier alpha value is -2.80. The van der Waals surface area contributed by atoms with Gasteiger partial charge in [0.2, 0.25) is 11.8 Å². The van der Waals surface area contributed by atoms with Crippen LogP contribution < -0.4 is 10.1 Å². The fourth-order valence-electron chi connectivity index (χ4n) is 3.05. The molecular weight excluding hydrogens is 386 g/mol. The number of amides is 2.